The number of aryl methyl sites for hydroxylation is 1. The molecule has 0 aliphatic rings. The number of hydrogen-bond acceptors (Lipinski definition) is 4. The van der Waals surface area contributed by atoms with Gasteiger partial charge in [0.1, 0.15) is 5.75 Å². The van der Waals surface area contributed by atoms with Gasteiger partial charge in [-0.2, -0.15) is 0 Å². The number of benzene rings is 2. The molecule has 0 aliphatic carbocycles. The number of rotatable bonds is 12. The summed E-state index contributed by atoms with van der Waals surface area (Å²) in [5.41, 5.74) is 3.85. The van der Waals surface area contributed by atoms with Gasteiger partial charge in [0.25, 0.3) is 0 Å². The van der Waals surface area contributed by atoms with E-state index in [4.69, 9.17) is 9.47 Å². The van der Waals surface area contributed by atoms with Crippen LogP contribution >= 0.6 is 0 Å². The van der Waals surface area contributed by atoms with E-state index >= 15 is 0 Å². The van der Waals surface area contributed by atoms with E-state index in [1.54, 1.807) is 0 Å². The highest BCUT2D eigenvalue weighted by molar-refractivity contribution is 5.68. The predicted octanol–water partition coefficient (Wildman–Crippen LogP) is 5.38. The van der Waals surface area contributed by atoms with Crippen LogP contribution in [0.2, 0.25) is 0 Å². The molecule has 0 bridgehead atoms. The number of unbranched alkanes of at least 4 members (excludes halogenated alkanes) is 1. The lowest BCUT2D eigenvalue weighted by molar-refractivity contribution is -0.140. The van der Waals surface area contributed by atoms with E-state index in [0.29, 0.717) is 12.3 Å². The fourth-order valence-corrected chi connectivity index (χ4v) is 3.08. The summed E-state index contributed by atoms with van der Waals surface area (Å²) in [6, 6.07) is 17.1. The van der Waals surface area contributed by atoms with E-state index in [1.165, 1.54) is 23.8 Å². The molecule has 0 amide bonds. The molecule has 0 radical (unpaired) electrons. The van der Waals surface area contributed by atoms with Gasteiger partial charge in [0.05, 0.1) is 13.7 Å². The Morgan fingerprint density at radius 3 is 2.07 bits per heavy atom. The van der Waals surface area contributed by atoms with Crippen molar-refractivity contribution in [3.63, 3.8) is 0 Å². The van der Waals surface area contributed by atoms with Crippen LogP contribution in [0.4, 0.5) is 0 Å². The first-order chi connectivity index (χ1) is 14.0. The zero-order valence-electron chi connectivity index (χ0n) is 18.3. The lowest BCUT2D eigenvalue weighted by Gasteiger charge is -2.23. The third kappa shape index (κ3) is 9.14. The largest absolute Gasteiger partial charge is 0.493 e. The predicted molar refractivity (Wildman–Crippen MR) is 118 cm³/mol. The lowest BCUT2D eigenvalue weighted by Crippen LogP contribution is -2.24. The van der Waals surface area contributed by atoms with Crippen LogP contribution < -0.4 is 4.74 Å². The minimum Gasteiger partial charge on any atom is -0.493 e. The van der Waals surface area contributed by atoms with Gasteiger partial charge in [-0.25, -0.2) is 0 Å². The Balaban J connectivity index is 1.95. The van der Waals surface area contributed by atoms with Gasteiger partial charge in [-0.1, -0.05) is 55.8 Å². The Morgan fingerprint density at radius 1 is 0.931 bits per heavy atom. The minimum absolute atomic E-state index is 0.132. The highest BCUT2D eigenvalue weighted by Gasteiger charge is 2.09. The molecule has 2 aromatic carbocycles. The summed E-state index contributed by atoms with van der Waals surface area (Å²) < 4.78 is 10.5. The van der Waals surface area contributed by atoms with Gasteiger partial charge < -0.3 is 9.47 Å². The average molecular weight is 398 g/mol. The third-order valence-electron chi connectivity index (χ3n) is 4.77. The van der Waals surface area contributed by atoms with Crippen LogP contribution in [-0.4, -0.2) is 31.1 Å². The van der Waals surface area contributed by atoms with E-state index < -0.39 is 0 Å². The van der Waals surface area contributed by atoms with E-state index in [1.807, 2.05) is 0 Å². The molecule has 0 spiro atoms. The van der Waals surface area contributed by atoms with E-state index in [0.717, 1.165) is 44.8 Å². The van der Waals surface area contributed by atoms with Crippen LogP contribution in [-0.2, 0) is 22.6 Å². The molecule has 0 fully saturated rings. The number of hydrogen-bond donors (Lipinski definition) is 0. The van der Waals surface area contributed by atoms with Crippen molar-refractivity contribution in [3.05, 3.63) is 65.2 Å². The molecule has 0 N–H and O–H groups in total. The first-order valence-electron chi connectivity index (χ1n) is 10.5. The maximum atomic E-state index is 11.3. The first kappa shape index (κ1) is 23.0. The molecular weight excluding hydrogens is 362 g/mol. The molecule has 2 aromatic rings. The van der Waals surface area contributed by atoms with Crippen molar-refractivity contribution in [2.24, 2.45) is 5.92 Å². The summed E-state index contributed by atoms with van der Waals surface area (Å²) in [5.74, 6) is 1.31. The molecule has 2 rings (SSSR count). The summed E-state index contributed by atoms with van der Waals surface area (Å²) in [6.45, 7) is 9.85. The number of carbonyl (C=O) groups excluding carboxylic acids is 1. The van der Waals surface area contributed by atoms with Gasteiger partial charge >= 0.3 is 5.97 Å². The quantitative estimate of drug-likeness (QED) is 0.356. The zero-order valence-corrected chi connectivity index (χ0v) is 18.3. The molecule has 0 saturated carbocycles. The van der Waals surface area contributed by atoms with E-state index in [2.05, 4.69) is 74.2 Å². The maximum absolute atomic E-state index is 11.3. The normalized spacial score (nSPS) is 11.1. The standard InChI is InChI=1S/C25H35NO3/c1-20(2)19-29-24-14-12-23(13-15-24)18-26(16-6-5-7-25(27)28-4)17-22-10-8-21(3)9-11-22/h8-15,20H,5-7,16-19H2,1-4H3. The molecular formula is C25H35NO3. The van der Waals surface area contributed by atoms with Gasteiger partial charge in [0.2, 0.25) is 0 Å². The smallest absolute Gasteiger partial charge is 0.305 e. The number of esters is 1. The first-order valence-corrected chi connectivity index (χ1v) is 10.5. The Hall–Kier alpha value is -2.33. The summed E-state index contributed by atoms with van der Waals surface area (Å²) in [5, 5.41) is 0. The average Bonchev–Trinajstić information content (AvgIpc) is 2.72. The van der Waals surface area contributed by atoms with Crippen LogP contribution in [0.25, 0.3) is 0 Å². The van der Waals surface area contributed by atoms with E-state index in [9.17, 15) is 4.79 Å². The molecule has 158 valence electrons. The molecule has 29 heavy (non-hydrogen) atoms. The number of nitrogens with zero attached hydrogens (tertiary/aromatic N) is 1. The van der Waals surface area contributed by atoms with Crippen molar-refractivity contribution in [3.8, 4) is 5.75 Å². The van der Waals surface area contributed by atoms with Gasteiger partial charge in [0.15, 0.2) is 0 Å². The zero-order chi connectivity index (χ0) is 21.1. The molecule has 0 unspecified atom stereocenters. The second kappa shape index (κ2) is 12.3. The van der Waals surface area contributed by atoms with Crippen molar-refractivity contribution in [2.45, 2.75) is 53.1 Å². The molecule has 0 saturated heterocycles. The summed E-state index contributed by atoms with van der Waals surface area (Å²) in [4.78, 5) is 13.8. The lowest BCUT2D eigenvalue weighted by atomic mass is 10.1. The number of methoxy groups -OCH3 is 1. The minimum atomic E-state index is -0.132. The molecule has 0 heterocycles. The Bertz CT molecular complexity index is 723. The SMILES string of the molecule is COC(=O)CCCCN(Cc1ccc(C)cc1)Cc1ccc(OCC(C)C)cc1. The number of carbonyl (C=O) groups is 1. The van der Waals surface area contributed by atoms with Crippen LogP contribution in [0.3, 0.4) is 0 Å². The van der Waals surface area contributed by atoms with Crippen LogP contribution in [0.1, 0.15) is 49.8 Å². The fourth-order valence-electron chi connectivity index (χ4n) is 3.08. The van der Waals surface area contributed by atoms with Crippen molar-refractivity contribution in [2.75, 3.05) is 20.3 Å². The van der Waals surface area contributed by atoms with Crippen molar-refractivity contribution < 1.29 is 14.3 Å². The summed E-state index contributed by atoms with van der Waals surface area (Å²) in [7, 11) is 1.45. The Kier molecular flexibility index (Phi) is 9.72. The molecule has 0 aliphatic heterocycles. The Morgan fingerprint density at radius 2 is 1.52 bits per heavy atom. The second-order valence-electron chi connectivity index (χ2n) is 8.08. The van der Waals surface area contributed by atoms with Crippen LogP contribution in [0.15, 0.2) is 48.5 Å². The van der Waals surface area contributed by atoms with Crippen molar-refractivity contribution >= 4 is 5.97 Å². The summed E-state index contributed by atoms with van der Waals surface area (Å²) >= 11 is 0. The van der Waals surface area contributed by atoms with Gasteiger partial charge in [0, 0.05) is 19.5 Å². The van der Waals surface area contributed by atoms with Gasteiger partial charge in [-0.15, -0.1) is 0 Å². The van der Waals surface area contributed by atoms with Crippen molar-refractivity contribution in [1.82, 2.24) is 4.90 Å². The highest BCUT2D eigenvalue weighted by atomic mass is 16.5. The Labute approximate surface area is 175 Å². The van der Waals surface area contributed by atoms with Gasteiger partial charge in [-0.3, -0.25) is 9.69 Å². The van der Waals surface area contributed by atoms with Crippen molar-refractivity contribution in [1.29, 1.82) is 0 Å². The maximum Gasteiger partial charge on any atom is 0.305 e. The molecule has 0 atom stereocenters. The topological polar surface area (TPSA) is 38.8 Å². The van der Waals surface area contributed by atoms with Crippen LogP contribution in [0, 0.1) is 12.8 Å². The second-order valence-corrected chi connectivity index (χ2v) is 8.08. The van der Waals surface area contributed by atoms with Gasteiger partial charge in [-0.05, 0) is 55.5 Å². The molecule has 0 aromatic heterocycles. The fraction of sp³-hybridized carbons (Fsp3) is 0.480. The number of ether oxygens (including phenoxy) is 2. The monoisotopic (exact) mass is 397 g/mol. The molecule has 4 heteroatoms. The van der Waals surface area contributed by atoms with E-state index in [-0.39, 0.29) is 5.97 Å². The highest BCUT2D eigenvalue weighted by Crippen LogP contribution is 2.17. The summed E-state index contributed by atoms with van der Waals surface area (Å²) in [6.07, 6.45) is 2.30. The third-order valence-corrected chi connectivity index (χ3v) is 4.77. The molecule has 4 nitrogen and oxygen atoms in total. The van der Waals surface area contributed by atoms with Crippen LogP contribution in [0.5, 0.6) is 5.75 Å².